The third kappa shape index (κ3) is 54.9. The Kier molecular flexibility index (Phi) is 60.3. The van der Waals surface area contributed by atoms with Crippen molar-refractivity contribution < 1.29 is 94.1 Å². The number of nitrogens with two attached hydrogens (primary N) is 2. The van der Waals surface area contributed by atoms with Crippen molar-refractivity contribution in [1.29, 1.82) is 0 Å². The van der Waals surface area contributed by atoms with Gasteiger partial charge in [-0.15, -0.1) is 35.6 Å². The van der Waals surface area contributed by atoms with Crippen molar-refractivity contribution >= 4 is 230 Å². The highest BCUT2D eigenvalue weighted by atomic mass is 36.0. The van der Waals surface area contributed by atoms with Gasteiger partial charge in [0.05, 0.1) is 84.5 Å². The van der Waals surface area contributed by atoms with Crippen molar-refractivity contribution in [3.05, 3.63) is 154 Å². The van der Waals surface area contributed by atoms with Gasteiger partial charge in [-0.25, -0.2) is 61.1 Å². The quantitative estimate of drug-likeness (QED) is 0.00365. The number of nitrogens with zero attached hydrogens (tertiary/aromatic N) is 6. The highest BCUT2D eigenvalue weighted by Gasteiger charge is 2.23. The van der Waals surface area contributed by atoms with Crippen LogP contribution in [0.25, 0.3) is 22.1 Å². The first-order chi connectivity index (χ1) is 53.0. The van der Waals surface area contributed by atoms with Crippen LogP contribution in [0.2, 0.25) is 25.1 Å². The molecule has 2 heterocycles. The molecule has 2 aromatic heterocycles. The van der Waals surface area contributed by atoms with Crippen LogP contribution in [0.1, 0.15) is 77.7 Å². The average molecular weight is 1950 g/mol. The summed E-state index contributed by atoms with van der Waals surface area (Å²) in [7, 11) is -5.99. The fraction of sp³-hybridized carbons (Fsp3) is 0.500. The molecule has 0 atom stereocenters. The van der Waals surface area contributed by atoms with Crippen molar-refractivity contribution in [2.45, 2.75) is 92.1 Å². The summed E-state index contributed by atoms with van der Waals surface area (Å²) in [6.07, 6.45) is 7.07. The molecule has 656 valence electrons. The van der Waals surface area contributed by atoms with Crippen molar-refractivity contribution in [2.75, 3.05) is 135 Å². The summed E-state index contributed by atoms with van der Waals surface area (Å²) in [5.74, 6) is 0.445. The normalized spacial score (nSPS) is 11.1. The average Bonchev–Trinajstić information content (AvgIpc) is 1.63. The van der Waals surface area contributed by atoms with Crippen LogP contribution in [0.4, 0.5) is 32.8 Å². The number of sulfone groups is 5. The van der Waals surface area contributed by atoms with Gasteiger partial charge < -0.3 is 60.0 Å². The monoisotopic (exact) mass is 1940 g/mol. The second-order valence-electron chi connectivity index (χ2n) is 23.1. The molecule has 0 radical (unpaired) electrons. The molecular weight excluding hydrogens is 1850 g/mol. The van der Waals surface area contributed by atoms with Crippen LogP contribution in [0, 0.1) is 26.0 Å². The summed E-state index contributed by atoms with van der Waals surface area (Å²) in [5, 5.41) is 38.5. The molecule has 0 saturated heterocycles. The maximum absolute atomic E-state index is 12.5. The maximum Gasteiger partial charge on any atom is 0.363 e. The lowest BCUT2D eigenvalue weighted by Gasteiger charge is -2.18. The van der Waals surface area contributed by atoms with Gasteiger partial charge in [0.1, 0.15) is 67.3 Å². The number of nitro groups is 2. The predicted octanol–water partition coefficient (Wildman–Crippen LogP) is 13.9. The minimum absolute atomic E-state index is 0. The first kappa shape index (κ1) is 114. The fourth-order valence-electron chi connectivity index (χ4n) is 8.70. The molecule has 0 spiro atoms. The van der Waals surface area contributed by atoms with Crippen LogP contribution >= 0.6 is 115 Å². The zero-order valence-electron chi connectivity index (χ0n) is 64.2. The van der Waals surface area contributed by atoms with Gasteiger partial charge in [0.25, 0.3) is 12.0 Å². The van der Waals surface area contributed by atoms with E-state index in [0.717, 1.165) is 40.6 Å². The molecule has 7 N–H and O–H groups in total. The summed E-state index contributed by atoms with van der Waals surface area (Å²) >= 11 is 38.3. The van der Waals surface area contributed by atoms with Gasteiger partial charge in [-0.3, -0.25) is 20.2 Å². The van der Waals surface area contributed by atoms with Crippen LogP contribution in [0.3, 0.4) is 0 Å². The van der Waals surface area contributed by atoms with Crippen LogP contribution in [0.15, 0.2) is 91.0 Å². The summed E-state index contributed by atoms with van der Waals surface area (Å²) in [4.78, 5) is 39.2. The Morgan fingerprint density at radius 2 is 0.913 bits per heavy atom. The molecule has 0 aliphatic carbocycles. The molecule has 49 heteroatoms. The van der Waals surface area contributed by atoms with Gasteiger partial charge in [-0.2, -0.15) is 4.39 Å². The Hall–Kier alpha value is -4.80. The van der Waals surface area contributed by atoms with Crippen LogP contribution < -0.4 is 22.1 Å². The van der Waals surface area contributed by atoms with Crippen LogP contribution in [0.5, 0.6) is 0 Å². The van der Waals surface area contributed by atoms with Gasteiger partial charge >= 0.3 is 11.7 Å². The molecule has 0 aliphatic heterocycles. The first-order valence-corrected chi connectivity index (χ1v) is 49.5. The Bertz CT molecular complexity index is 4690. The number of aromatic nitrogens is 4. The molecule has 0 bridgehead atoms. The topological polar surface area (TPSA) is 469 Å². The number of aliphatic hydroxyl groups excluding tert-OH is 1. The van der Waals surface area contributed by atoms with E-state index in [9.17, 15) is 76.6 Å². The van der Waals surface area contributed by atoms with Crippen molar-refractivity contribution in [1.82, 2.24) is 19.1 Å². The largest absolute Gasteiger partial charge is 0.465 e. The minimum Gasteiger partial charge on any atom is -0.465 e. The number of halogens is 11. The SMILES string of the molecule is CCOC(OCC)C(=O)OC.CCOC(OCC)c1nc2cc(Cl)ccc2n1CCCS(C)(=O)=O.CS(=O)(=O)CCCN.CS(=O)(=O)CCCNc1ccc(Cl)cc1N.CS(=O)(=O)CCCNc1ccc(Cl)cc1[N+](=O)[O-].CS(=O)(=O)CCCn1c(CO)nc2cc(Cl)ccc21.Cl.ClCCl.O=S(Cl)Cl.O=[N+]([O-])c1cc(Cl)ccc1F. The van der Waals surface area contributed by atoms with E-state index in [2.05, 4.69) is 46.7 Å². The number of methoxy groups -OCH3 is 1. The molecule has 0 amide bonds. The van der Waals surface area contributed by atoms with E-state index in [-0.39, 0.29) is 68.9 Å². The minimum atomic E-state index is -3.01. The lowest BCUT2D eigenvalue weighted by molar-refractivity contribution is -0.387. The molecular formula is C66H97Cl10FN10O22S6. The summed E-state index contributed by atoms with van der Waals surface area (Å²) in [5.41, 5.74) is 14.9. The standard InChI is InChI=1S/C16H23ClN2O4S.C12H15ClN2O3S.C10H13ClN2O4S.C10H15ClN2O2S.C7H14O4.C6H3ClFNO2.C4H11NO2S.CH2Cl2.Cl2OS.ClH/c1-4-22-16(23-5-2)15-18-13-11-12(17)7-8-14(13)19(15)9-6-10-24(3,20)21;1-19(17,18)6-2-5-15-11-4-3-9(13)7-10(11)14-12(15)8-16;1-18(16,17)6-2-5-12-9-4-3-8(11)7-10(9)13(14)15;1-16(14,15)6-2-5-13-10-4-3-8(11)7-9(10)12;1-4-10-7(11-5-2)6(8)9-3;7-4-1-2-5(8)6(3-4)9(10)11;1-8(6,7)4-2-3-5;2-1-3;1-4(2)3;/h7-8,11,16H,4-6,9-10H2,1-3H3;3-4,7,16H,2,5-6,8H2,1H3;3-4,7,12H,2,5-6H2,1H3;3-4,7,13H,2,5-6,12H2,1H3;7H,4-5H2,1-3H3;1-3H;2-5H2,1H3;1H2;;1H. The molecule has 0 fully saturated rings. The number of hydrogen-bond acceptors (Lipinski definition) is 28. The van der Waals surface area contributed by atoms with Crippen molar-refractivity contribution in [3.8, 4) is 0 Å². The number of rotatable bonds is 34. The number of hydrogen-bond donors (Lipinski definition) is 5. The number of nitro benzene ring substituents is 2. The predicted molar refractivity (Wildman–Crippen MR) is 464 cm³/mol. The number of aryl methyl sites for hydroxylation is 2. The number of carbonyl (C=O) groups is 1. The Labute approximate surface area is 723 Å². The Balaban J connectivity index is -0.00000128. The second kappa shape index (κ2) is 60.6. The van der Waals surface area contributed by atoms with E-state index in [1.807, 2.05) is 35.1 Å². The number of aliphatic hydroxyl groups is 1. The zero-order valence-corrected chi connectivity index (χ0v) is 76.7. The molecule has 0 aliphatic rings. The van der Waals surface area contributed by atoms with Gasteiger partial charge in [0.15, 0.2) is 5.82 Å². The highest BCUT2D eigenvalue weighted by Crippen LogP contribution is 2.30. The number of nitrogens with one attached hydrogen (secondary N) is 2. The molecule has 7 aromatic rings. The molecule has 7 rings (SSSR count). The lowest BCUT2D eigenvalue weighted by Crippen LogP contribution is -2.28. The third-order valence-electron chi connectivity index (χ3n) is 13.3. The fourth-order valence-corrected chi connectivity index (χ4v) is 12.9. The Morgan fingerprint density at radius 3 is 1.29 bits per heavy atom. The van der Waals surface area contributed by atoms with Crippen LogP contribution in [-0.2, 0) is 107 Å². The van der Waals surface area contributed by atoms with E-state index in [0.29, 0.717) is 135 Å². The molecule has 0 saturated carbocycles. The molecule has 5 aromatic carbocycles. The summed E-state index contributed by atoms with van der Waals surface area (Å²) in [6, 6.07) is 23.4. The van der Waals surface area contributed by atoms with E-state index in [4.69, 9.17) is 116 Å². The molecule has 32 nitrogen and oxygen atoms in total. The van der Waals surface area contributed by atoms with E-state index in [1.54, 1.807) is 56.3 Å². The second-order valence-corrected chi connectivity index (χ2v) is 39.9. The summed E-state index contributed by atoms with van der Waals surface area (Å²) < 4.78 is 160. The number of benzene rings is 5. The maximum atomic E-state index is 12.5. The van der Waals surface area contributed by atoms with E-state index < -0.39 is 98.3 Å². The highest BCUT2D eigenvalue weighted by molar-refractivity contribution is 8.26. The van der Waals surface area contributed by atoms with Crippen LogP contribution in [-0.4, -0.2) is 211 Å². The number of imidazole rings is 2. The Morgan fingerprint density at radius 1 is 0.565 bits per heavy atom. The number of ether oxygens (including phenoxy) is 5. The third-order valence-corrected chi connectivity index (χ3v) is 19.7. The van der Waals surface area contributed by atoms with Gasteiger partial charge in [0.2, 0.25) is 21.3 Å². The van der Waals surface area contributed by atoms with E-state index in [1.165, 1.54) is 56.4 Å². The van der Waals surface area contributed by atoms with Crippen molar-refractivity contribution in [2.24, 2.45) is 5.73 Å². The number of nitrogen functional groups attached to an aromatic ring is 1. The number of alkyl halides is 2. The first-order valence-electron chi connectivity index (χ1n) is 33.5. The molecule has 0 unspecified atom stereocenters. The number of anilines is 3. The number of esters is 1. The molecule has 115 heavy (non-hydrogen) atoms. The smallest absolute Gasteiger partial charge is 0.363 e. The lowest BCUT2D eigenvalue weighted by atomic mass is 10.2. The van der Waals surface area contributed by atoms with Gasteiger partial charge in [0, 0.05) is 142 Å². The summed E-state index contributed by atoms with van der Waals surface area (Å²) in [6.45, 7) is 11.4. The van der Waals surface area contributed by atoms with Gasteiger partial charge in [-0.1, -0.05) is 58.0 Å². The zero-order chi connectivity index (χ0) is 87.8. The number of carbonyl (C=O) groups excluding carboxylic acids is 1. The van der Waals surface area contributed by atoms with E-state index >= 15 is 0 Å². The van der Waals surface area contributed by atoms with Crippen molar-refractivity contribution in [3.63, 3.8) is 0 Å². The number of fused-ring (bicyclic) bond motifs is 2. The van der Waals surface area contributed by atoms with Gasteiger partial charge in [-0.05, 0) is 145 Å².